The van der Waals surface area contributed by atoms with Crippen molar-refractivity contribution in [3.63, 3.8) is 0 Å². The molecule has 34 heavy (non-hydrogen) atoms. The van der Waals surface area contributed by atoms with Gasteiger partial charge in [-0.2, -0.15) is 0 Å². The van der Waals surface area contributed by atoms with Gasteiger partial charge in [-0.05, 0) is 29.1 Å². The van der Waals surface area contributed by atoms with E-state index in [4.69, 9.17) is 0 Å². The van der Waals surface area contributed by atoms with E-state index >= 15 is 13.2 Å². The van der Waals surface area contributed by atoms with Crippen LogP contribution in [0.25, 0.3) is 27.5 Å². The predicted molar refractivity (Wildman–Crippen MR) is 116 cm³/mol. The third kappa shape index (κ3) is 2.11. The van der Waals surface area contributed by atoms with Gasteiger partial charge in [0.1, 0.15) is 0 Å². The van der Waals surface area contributed by atoms with Crippen LogP contribution in [0.5, 0.6) is 0 Å². The van der Waals surface area contributed by atoms with E-state index in [0.29, 0.717) is 15.8 Å². The highest BCUT2D eigenvalue weighted by atomic mass is 32.2. The molecule has 5 aromatic rings. The molecule has 7 rings (SSSR count). The molecule has 0 spiro atoms. The summed E-state index contributed by atoms with van der Waals surface area (Å²) in [7, 11) is 0. The van der Waals surface area contributed by atoms with E-state index in [-0.39, 0.29) is 16.7 Å². The van der Waals surface area contributed by atoms with E-state index in [1.807, 2.05) is 0 Å². The Hall–Kier alpha value is -3.40. The van der Waals surface area contributed by atoms with Gasteiger partial charge in [-0.15, -0.1) is 0 Å². The molecule has 2 aliphatic heterocycles. The number of hydrogen-bond donors (Lipinski definition) is 0. The minimum atomic E-state index is -2.16. The van der Waals surface area contributed by atoms with Gasteiger partial charge in [0, 0.05) is 20.9 Å². The quantitative estimate of drug-likeness (QED) is 0.126. The van der Waals surface area contributed by atoms with Crippen LogP contribution in [0.2, 0.25) is 0 Å². The van der Waals surface area contributed by atoms with Crippen LogP contribution in [-0.4, -0.2) is 11.3 Å². The smallest absolute Gasteiger partial charge is 0.253 e. The highest BCUT2D eigenvalue weighted by Crippen LogP contribution is 2.42. The van der Waals surface area contributed by atoms with Gasteiger partial charge in [-0.3, -0.25) is 0 Å². The van der Waals surface area contributed by atoms with Gasteiger partial charge >= 0.3 is 0 Å². The minimum absolute atomic E-state index is 0.215. The van der Waals surface area contributed by atoms with Crippen molar-refractivity contribution in [2.24, 2.45) is 0 Å². The number of benzene rings is 4. The van der Waals surface area contributed by atoms with E-state index in [0.717, 1.165) is 9.46 Å². The van der Waals surface area contributed by atoms with Gasteiger partial charge in [0.2, 0.25) is 0 Å². The van der Waals surface area contributed by atoms with E-state index in [9.17, 15) is 17.6 Å². The Labute approximate surface area is 190 Å². The topological polar surface area (TPSA) is 4.93 Å². The molecule has 3 heterocycles. The SMILES string of the molecule is Fc1c(F)c(F)c2c(c1F)c1c(F)c(F)c(F)c3c1n2-c1cccc2c1B3c1ccccc1S2. The zero-order valence-electron chi connectivity index (χ0n) is 16.6. The van der Waals surface area contributed by atoms with Gasteiger partial charge in [0.25, 0.3) is 6.71 Å². The van der Waals surface area contributed by atoms with Crippen molar-refractivity contribution in [3.05, 3.63) is 83.2 Å². The Morgan fingerprint density at radius 3 is 1.94 bits per heavy atom. The van der Waals surface area contributed by atoms with Gasteiger partial charge in [-0.25, -0.2) is 30.7 Å². The molecule has 10 heteroatoms. The van der Waals surface area contributed by atoms with Crippen molar-refractivity contribution >= 4 is 56.7 Å². The first-order valence-corrected chi connectivity index (χ1v) is 10.9. The first kappa shape index (κ1) is 20.0. The summed E-state index contributed by atoms with van der Waals surface area (Å²) in [4.78, 5) is 1.38. The Morgan fingerprint density at radius 2 is 1.18 bits per heavy atom. The highest BCUT2D eigenvalue weighted by molar-refractivity contribution is 8.00. The van der Waals surface area contributed by atoms with Crippen LogP contribution in [-0.2, 0) is 0 Å². The molecule has 4 aromatic carbocycles. The normalized spacial score (nSPS) is 13.6. The number of halogens is 7. The van der Waals surface area contributed by atoms with Crippen molar-refractivity contribution < 1.29 is 30.7 Å². The average Bonchev–Trinajstić information content (AvgIpc) is 3.20. The molecular weight excluding hydrogens is 478 g/mol. The summed E-state index contributed by atoms with van der Waals surface area (Å²) in [5.41, 5.74) is -0.289. The summed E-state index contributed by atoms with van der Waals surface area (Å²) in [6.07, 6.45) is 0. The van der Waals surface area contributed by atoms with Gasteiger partial charge in [0.15, 0.2) is 40.7 Å². The lowest BCUT2D eigenvalue weighted by Crippen LogP contribution is -2.60. The molecule has 0 saturated carbocycles. The van der Waals surface area contributed by atoms with Crippen LogP contribution in [0.1, 0.15) is 0 Å². The van der Waals surface area contributed by atoms with Crippen molar-refractivity contribution in [2.45, 2.75) is 9.79 Å². The van der Waals surface area contributed by atoms with Gasteiger partial charge in [-0.1, -0.05) is 41.5 Å². The standard InChI is InChI=1S/C24H7BF7NS/c26-16-12-13-17(27)20(30)21(31)22(32)24(13)33-9-5-3-7-11-14(9)25(8-4-1-2-6-10(8)34-11)15(23(12)33)18(28)19(16)29/h1-7H. The number of nitrogens with zero attached hydrogens (tertiary/aromatic N) is 1. The second kappa shape index (κ2) is 6.38. The highest BCUT2D eigenvalue weighted by Gasteiger charge is 2.44. The molecule has 0 aliphatic carbocycles. The largest absolute Gasteiger partial charge is 0.307 e. The predicted octanol–water partition coefficient (Wildman–Crippen LogP) is 5.05. The molecule has 0 fully saturated rings. The van der Waals surface area contributed by atoms with Gasteiger partial charge in [0.05, 0.1) is 16.4 Å². The summed E-state index contributed by atoms with van der Waals surface area (Å²) in [6, 6.07) is 11.8. The van der Waals surface area contributed by atoms with Crippen molar-refractivity contribution in [1.29, 1.82) is 0 Å². The number of aromatic nitrogens is 1. The second-order valence-electron chi connectivity index (χ2n) is 8.16. The first-order chi connectivity index (χ1) is 16.3. The summed E-state index contributed by atoms with van der Waals surface area (Å²) in [6.45, 7) is -0.932. The molecule has 0 unspecified atom stereocenters. The first-order valence-electron chi connectivity index (χ1n) is 10.1. The molecule has 1 nitrogen and oxygen atoms in total. The van der Waals surface area contributed by atoms with Crippen LogP contribution in [0, 0.1) is 40.7 Å². The maximum atomic E-state index is 15.5. The third-order valence-corrected chi connectivity index (χ3v) is 7.75. The molecule has 1 aromatic heterocycles. The molecule has 0 atom stereocenters. The molecule has 166 valence electrons. The number of rotatable bonds is 0. The zero-order valence-corrected chi connectivity index (χ0v) is 17.4. The Kier molecular flexibility index (Phi) is 3.76. The monoisotopic (exact) mass is 485 g/mol. The fraction of sp³-hybridized carbons (Fsp3) is 0. The van der Waals surface area contributed by atoms with E-state index in [1.165, 1.54) is 17.8 Å². The Morgan fingerprint density at radius 1 is 0.559 bits per heavy atom. The summed E-state index contributed by atoms with van der Waals surface area (Å²) in [5, 5.41) is -1.83. The molecule has 0 bridgehead atoms. The Balaban J connectivity index is 1.84. The Bertz CT molecular complexity index is 1780. The molecule has 0 saturated heterocycles. The maximum absolute atomic E-state index is 15.5. The summed E-state index contributed by atoms with van der Waals surface area (Å²) >= 11 is 1.34. The molecule has 0 N–H and O–H groups in total. The van der Waals surface area contributed by atoms with Gasteiger partial charge < -0.3 is 4.57 Å². The molecular formula is C24H7BF7NS. The fourth-order valence-electron chi connectivity index (χ4n) is 5.29. The average molecular weight is 485 g/mol. The van der Waals surface area contributed by atoms with Crippen LogP contribution in [0.4, 0.5) is 30.7 Å². The molecule has 0 amide bonds. The zero-order chi connectivity index (χ0) is 23.6. The maximum Gasteiger partial charge on any atom is 0.253 e. The second-order valence-corrected chi connectivity index (χ2v) is 9.24. The lowest BCUT2D eigenvalue weighted by atomic mass is 9.35. The van der Waals surface area contributed by atoms with Crippen molar-refractivity contribution in [3.8, 4) is 5.69 Å². The van der Waals surface area contributed by atoms with Crippen LogP contribution in [0.15, 0.2) is 52.3 Å². The van der Waals surface area contributed by atoms with Crippen LogP contribution < -0.4 is 16.4 Å². The van der Waals surface area contributed by atoms with E-state index in [2.05, 4.69) is 0 Å². The third-order valence-electron chi connectivity index (χ3n) is 6.58. The van der Waals surface area contributed by atoms with Crippen molar-refractivity contribution in [1.82, 2.24) is 4.57 Å². The molecule has 2 aliphatic rings. The van der Waals surface area contributed by atoms with Crippen LogP contribution in [0.3, 0.4) is 0 Å². The fourth-order valence-corrected chi connectivity index (χ4v) is 6.46. The minimum Gasteiger partial charge on any atom is -0.307 e. The van der Waals surface area contributed by atoms with Crippen molar-refractivity contribution in [2.75, 3.05) is 0 Å². The summed E-state index contributed by atoms with van der Waals surface area (Å²) < 4.78 is 105. The van der Waals surface area contributed by atoms with E-state index < -0.39 is 63.7 Å². The molecule has 0 radical (unpaired) electrons. The van der Waals surface area contributed by atoms with Crippen LogP contribution >= 0.6 is 11.8 Å². The van der Waals surface area contributed by atoms with E-state index in [1.54, 1.807) is 36.4 Å². The lowest BCUT2D eigenvalue weighted by Gasteiger charge is -2.33. The summed E-state index contributed by atoms with van der Waals surface area (Å²) in [5.74, 6) is -13.2. The number of fused-ring (bicyclic) bond motifs is 7. The number of hydrogen-bond acceptors (Lipinski definition) is 1. The lowest BCUT2D eigenvalue weighted by molar-refractivity contribution is 0.417.